The van der Waals surface area contributed by atoms with Crippen molar-refractivity contribution in [2.75, 3.05) is 18.0 Å². The number of carbonyl (C=O) groups excluding carboxylic acids is 2. The first-order valence-corrected chi connectivity index (χ1v) is 8.28. The largest absolute Gasteiger partial charge is 0.329 e. The summed E-state index contributed by atoms with van der Waals surface area (Å²) < 4.78 is 0. The van der Waals surface area contributed by atoms with E-state index in [4.69, 9.17) is 0 Å². The molecule has 2 amide bonds. The normalized spacial score (nSPS) is 19.2. The molecular weight excluding hydrogens is 288 g/mol. The summed E-state index contributed by atoms with van der Waals surface area (Å²) in [6.07, 6.45) is 0.466. The number of benzene rings is 1. The third-order valence-electron chi connectivity index (χ3n) is 4.30. The number of aryl methyl sites for hydroxylation is 2. The Morgan fingerprint density at radius 3 is 2.43 bits per heavy atom. The van der Waals surface area contributed by atoms with E-state index in [2.05, 4.69) is 6.07 Å². The molecule has 1 atom stereocenters. The van der Waals surface area contributed by atoms with Crippen LogP contribution in [0.5, 0.6) is 0 Å². The average Bonchev–Trinajstić information content (AvgIpc) is 2.40. The molecule has 0 radical (unpaired) electrons. The fourth-order valence-corrected chi connectivity index (χ4v) is 3.11. The number of carbonyl (C=O) groups is 2. The third kappa shape index (κ3) is 3.92. The van der Waals surface area contributed by atoms with Gasteiger partial charge >= 0.3 is 0 Å². The molecule has 1 aromatic carbocycles. The fraction of sp³-hybridized carbons (Fsp3) is 0.579. The van der Waals surface area contributed by atoms with Gasteiger partial charge in [0, 0.05) is 25.2 Å². The molecule has 1 aliphatic heterocycles. The SMILES string of the molecule is Cc1ccc(N2CCN(C(=O)CC(C)(C)C)C(C)C2=O)c(C)c1. The molecule has 0 N–H and O–H groups in total. The molecule has 0 saturated carbocycles. The smallest absolute Gasteiger partial charge is 0.249 e. The van der Waals surface area contributed by atoms with Crippen LogP contribution in [0.3, 0.4) is 0 Å². The molecule has 0 aromatic heterocycles. The van der Waals surface area contributed by atoms with E-state index in [9.17, 15) is 9.59 Å². The number of hydrogen-bond donors (Lipinski definition) is 0. The maximum absolute atomic E-state index is 12.8. The molecule has 4 nitrogen and oxygen atoms in total. The van der Waals surface area contributed by atoms with Crippen molar-refractivity contribution in [2.45, 2.75) is 54.0 Å². The summed E-state index contributed by atoms with van der Waals surface area (Å²) in [5.41, 5.74) is 3.17. The lowest BCUT2D eigenvalue weighted by Gasteiger charge is -2.40. The molecule has 1 aliphatic rings. The van der Waals surface area contributed by atoms with Crippen molar-refractivity contribution >= 4 is 17.5 Å². The molecule has 0 aliphatic carbocycles. The molecule has 0 spiro atoms. The van der Waals surface area contributed by atoms with Gasteiger partial charge in [-0.1, -0.05) is 38.5 Å². The first-order valence-electron chi connectivity index (χ1n) is 8.28. The van der Waals surface area contributed by atoms with Gasteiger partial charge in [-0.3, -0.25) is 9.59 Å². The van der Waals surface area contributed by atoms with Gasteiger partial charge < -0.3 is 9.80 Å². The minimum Gasteiger partial charge on any atom is -0.329 e. The summed E-state index contributed by atoms with van der Waals surface area (Å²) in [6, 6.07) is 5.71. The van der Waals surface area contributed by atoms with Gasteiger partial charge in [-0.25, -0.2) is 0 Å². The first kappa shape index (κ1) is 17.5. The van der Waals surface area contributed by atoms with Crippen LogP contribution >= 0.6 is 0 Å². The van der Waals surface area contributed by atoms with Crippen LogP contribution in [0.1, 0.15) is 45.2 Å². The van der Waals surface area contributed by atoms with Gasteiger partial charge in [0.25, 0.3) is 0 Å². The zero-order chi connectivity index (χ0) is 17.4. The van der Waals surface area contributed by atoms with Gasteiger partial charge in [-0.15, -0.1) is 0 Å². The van der Waals surface area contributed by atoms with Gasteiger partial charge in [-0.2, -0.15) is 0 Å². The summed E-state index contributed by atoms with van der Waals surface area (Å²) in [7, 11) is 0. The Kier molecular flexibility index (Phi) is 4.83. The lowest BCUT2D eigenvalue weighted by molar-refractivity contribution is -0.142. The second-order valence-corrected chi connectivity index (χ2v) is 7.78. The molecule has 1 heterocycles. The minimum absolute atomic E-state index is 0.00506. The van der Waals surface area contributed by atoms with Crippen LogP contribution in [-0.4, -0.2) is 35.8 Å². The minimum atomic E-state index is -0.403. The zero-order valence-electron chi connectivity index (χ0n) is 15.1. The van der Waals surface area contributed by atoms with Gasteiger partial charge in [0.05, 0.1) is 0 Å². The van der Waals surface area contributed by atoms with Crippen LogP contribution in [0, 0.1) is 19.3 Å². The topological polar surface area (TPSA) is 40.6 Å². The molecule has 4 heteroatoms. The van der Waals surface area contributed by atoms with Gasteiger partial charge in [0.15, 0.2) is 0 Å². The Labute approximate surface area is 139 Å². The maximum atomic E-state index is 12.8. The second kappa shape index (κ2) is 6.34. The van der Waals surface area contributed by atoms with Crippen molar-refractivity contribution in [3.63, 3.8) is 0 Å². The number of anilines is 1. The summed E-state index contributed by atoms with van der Waals surface area (Å²) >= 11 is 0. The lowest BCUT2D eigenvalue weighted by atomic mass is 9.91. The molecule has 1 aromatic rings. The van der Waals surface area contributed by atoms with E-state index in [1.165, 1.54) is 5.56 Å². The van der Waals surface area contributed by atoms with Crippen molar-refractivity contribution < 1.29 is 9.59 Å². The quantitative estimate of drug-likeness (QED) is 0.840. The molecule has 0 bridgehead atoms. The Balaban J connectivity index is 2.17. The van der Waals surface area contributed by atoms with Crippen molar-refractivity contribution in [3.8, 4) is 0 Å². The highest BCUT2D eigenvalue weighted by atomic mass is 16.2. The van der Waals surface area contributed by atoms with Crippen molar-refractivity contribution in [1.82, 2.24) is 4.90 Å². The van der Waals surface area contributed by atoms with Crippen LogP contribution in [0.2, 0.25) is 0 Å². The average molecular weight is 316 g/mol. The summed E-state index contributed by atoms with van der Waals surface area (Å²) in [4.78, 5) is 28.8. The van der Waals surface area contributed by atoms with E-state index in [-0.39, 0.29) is 17.2 Å². The van der Waals surface area contributed by atoms with Crippen LogP contribution in [0.4, 0.5) is 5.69 Å². The lowest BCUT2D eigenvalue weighted by Crippen LogP contribution is -2.58. The molecule has 1 unspecified atom stereocenters. The molecule has 1 fully saturated rings. The first-order chi connectivity index (χ1) is 10.6. The predicted octanol–water partition coefficient (Wildman–Crippen LogP) is 3.30. The van der Waals surface area contributed by atoms with Gasteiger partial charge in [0.1, 0.15) is 6.04 Å². The molecule has 1 saturated heterocycles. The highest BCUT2D eigenvalue weighted by molar-refractivity contribution is 6.00. The number of piperazine rings is 1. The number of rotatable bonds is 2. The zero-order valence-corrected chi connectivity index (χ0v) is 15.1. The summed E-state index contributed by atoms with van der Waals surface area (Å²) in [5, 5.41) is 0. The van der Waals surface area contributed by atoms with Crippen molar-refractivity contribution in [1.29, 1.82) is 0 Å². The van der Waals surface area contributed by atoms with Crippen LogP contribution < -0.4 is 4.90 Å². The van der Waals surface area contributed by atoms with Gasteiger partial charge in [0.2, 0.25) is 11.8 Å². The van der Waals surface area contributed by atoms with E-state index in [0.29, 0.717) is 19.5 Å². The second-order valence-electron chi connectivity index (χ2n) is 7.78. The third-order valence-corrected chi connectivity index (χ3v) is 4.30. The van der Waals surface area contributed by atoms with E-state index in [1.807, 2.05) is 58.6 Å². The van der Waals surface area contributed by atoms with E-state index >= 15 is 0 Å². The molecule has 23 heavy (non-hydrogen) atoms. The Morgan fingerprint density at radius 1 is 1.22 bits per heavy atom. The summed E-state index contributed by atoms with van der Waals surface area (Å²) in [6.45, 7) is 13.2. The Morgan fingerprint density at radius 2 is 1.87 bits per heavy atom. The molecule has 126 valence electrons. The number of amides is 2. The van der Waals surface area contributed by atoms with Crippen LogP contribution in [0.15, 0.2) is 18.2 Å². The van der Waals surface area contributed by atoms with Crippen molar-refractivity contribution in [2.24, 2.45) is 5.41 Å². The van der Waals surface area contributed by atoms with Crippen molar-refractivity contribution in [3.05, 3.63) is 29.3 Å². The molecular formula is C19H28N2O2. The number of hydrogen-bond acceptors (Lipinski definition) is 2. The van der Waals surface area contributed by atoms with E-state index in [0.717, 1.165) is 11.3 Å². The van der Waals surface area contributed by atoms with E-state index < -0.39 is 6.04 Å². The molecule has 2 rings (SSSR count). The Hall–Kier alpha value is -1.84. The highest BCUT2D eigenvalue weighted by Crippen LogP contribution is 2.27. The summed E-state index contributed by atoms with van der Waals surface area (Å²) in [5.74, 6) is 0.0732. The van der Waals surface area contributed by atoms with E-state index in [1.54, 1.807) is 4.90 Å². The highest BCUT2D eigenvalue weighted by Gasteiger charge is 2.36. The van der Waals surface area contributed by atoms with Crippen LogP contribution in [-0.2, 0) is 9.59 Å². The van der Waals surface area contributed by atoms with Gasteiger partial charge in [-0.05, 0) is 37.8 Å². The van der Waals surface area contributed by atoms with Crippen LogP contribution in [0.25, 0.3) is 0 Å². The predicted molar refractivity (Wildman–Crippen MR) is 93.5 cm³/mol. The Bertz CT molecular complexity index is 616. The standard InChI is InChI=1S/C19H28N2O2/c1-13-7-8-16(14(2)11-13)21-10-9-20(15(3)18(21)23)17(22)12-19(4,5)6/h7-8,11,15H,9-10,12H2,1-6H3. The number of nitrogens with zero attached hydrogens (tertiary/aromatic N) is 2. The maximum Gasteiger partial charge on any atom is 0.249 e. The fourth-order valence-electron chi connectivity index (χ4n) is 3.11. The monoisotopic (exact) mass is 316 g/mol.